The Balaban J connectivity index is 0.000000342. The number of nitrogens with zero attached hydrogens (tertiary/aromatic N) is 7. The van der Waals surface area contributed by atoms with E-state index in [1.165, 1.54) is 4.90 Å². The Bertz CT molecular complexity index is 2160. The van der Waals surface area contributed by atoms with Crippen LogP contribution in [0.15, 0.2) is 36.7 Å². The van der Waals surface area contributed by atoms with Crippen molar-refractivity contribution in [2.75, 3.05) is 74.7 Å². The van der Waals surface area contributed by atoms with Gasteiger partial charge in [0.1, 0.15) is 28.7 Å². The summed E-state index contributed by atoms with van der Waals surface area (Å²) in [6, 6.07) is 6.19. The number of aromatic nitrogens is 6. The largest absolute Gasteiger partial charge is 0.444 e. The molecule has 4 atom stereocenters. The van der Waals surface area contributed by atoms with Crippen molar-refractivity contribution in [2.24, 2.45) is 0 Å². The van der Waals surface area contributed by atoms with Crippen LogP contribution >= 0.6 is 27.0 Å². The van der Waals surface area contributed by atoms with E-state index in [4.69, 9.17) is 25.7 Å². The summed E-state index contributed by atoms with van der Waals surface area (Å²) in [4.78, 5) is 65.8. The number of fused-ring (bicyclic) bond motifs is 2. The van der Waals surface area contributed by atoms with Gasteiger partial charge in [-0.25, -0.2) is 14.8 Å². The third kappa shape index (κ3) is 16.1. The molecule has 4 aromatic rings. The highest BCUT2D eigenvalue weighted by Gasteiger charge is 2.37. The number of morpholine rings is 2. The number of carbonyl (C=O) groups is 3. The molecule has 2 aliphatic rings. The van der Waals surface area contributed by atoms with Gasteiger partial charge in [-0.15, -0.1) is 0 Å². The van der Waals surface area contributed by atoms with Crippen LogP contribution < -0.4 is 38.1 Å². The number of hydrogen-bond donors (Lipinski definition) is 7. The molecule has 65 heavy (non-hydrogen) atoms. The van der Waals surface area contributed by atoms with Gasteiger partial charge in [0.25, 0.3) is 0 Å². The van der Waals surface area contributed by atoms with E-state index in [2.05, 4.69) is 77.3 Å². The number of ether oxygens (including phenoxy) is 3. The lowest BCUT2D eigenvalue weighted by molar-refractivity contribution is -0.132. The van der Waals surface area contributed by atoms with E-state index in [0.29, 0.717) is 73.2 Å². The zero-order valence-electron chi connectivity index (χ0n) is 38.8. The minimum absolute atomic E-state index is 0. The van der Waals surface area contributed by atoms with Gasteiger partial charge in [-0.2, -0.15) is 37.0 Å². The van der Waals surface area contributed by atoms with Crippen LogP contribution in [0.4, 0.5) is 28.3 Å². The molecule has 0 spiro atoms. The first-order chi connectivity index (χ1) is 30.0. The summed E-state index contributed by atoms with van der Waals surface area (Å²) in [7, 11) is 0. The van der Waals surface area contributed by atoms with Crippen LogP contribution in [-0.4, -0.2) is 134 Å². The molecule has 0 aliphatic carbocycles. The van der Waals surface area contributed by atoms with Crippen molar-refractivity contribution in [1.82, 2.24) is 50.8 Å². The molecular weight excluding hydrogens is 873 g/mol. The Labute approximate surface area is 395 Å². The molecule has 22 heteroatoms. The van der Waals surface area contributed by atoms with Crippen LogP contribution in [0.3, 0.4) is 0 Å². The zero-order valence-corrected chi connectivity index (χ0v) is 40.8. The van der Waals surface area contributed by atoms with Crippen molar-refractivity contribution in [1.29, 1.82) is 0 Å². The van der Waals surface area contributed by atoms with Crippen molar-refractivity contribution >= 4 is 90.5 Å². The predicted octanol–water partition coefficient (Wildman–Crippen LogP) is 4.02. The minimum atomic E-state index is -0.772. The van der Waals surface area contributed by atoms with Crippen LogP contribution in [0.25, 0.3) is 22.1 Å². The van der Waals surface area contributed by atoms with Crippen LogP contribution in [0.2, 0.25) is 0 Å². The fourth-order valence-electron chi connectivity index (χ4n) is 7.14. The second-order valence-electron chi connectivity index (χ2n) is 17.5. The minimum Gasteiger partial charge on any atom is -0.444 e. The number of amides is 3. The first kappa shape index (κ1) is 54.3. The predicted molar refractivity (Wildman–Crippen MR) is 264 cm³/mol. The SMILES string of the molecule is CCCCC(C)(CNC(=O)[C@@H]1COCCN1)Nc1nc(N)nc2cccnc12.CCCCC(C)(CNC(=O)[C@@H]1COCCN1C(=O)OC(C)(C)C)Nc1nc(N)nc2cccnc12.S.S. The van der Waals surface area contributed by atoms with Crippen LogP contribution in [0.1, 0.15) is 87.0 Å². The number of unbranched alkanes of at least 4 members (excludes halogenated alkanes) is 2. The van der Waals surface area contributed by atoms with E-state index >= 15 is 0 Å². The summed E-state index contributed by atoms with van der Waals surface area (Å²) in [6.07, 6.45) is 8.45. The number of anilines is 4. The molecule has 0 aromatic carbocycles. The van der Waals surface area contributed by atoms with Gasteiger partial charge in [-0.05, 0) is 71.7 Å². The van der Waals surface area contributed by atoms with Crippen molar-refractivity contribution < 1.29 is 28.6 Å². The molecule has 20 nitrogen and oxygen atoms in total. The third-order valence-electron chi connectivity index (χ3n) is 10.6. The zero-order chi connectivity index (χ0) is 45.6. The van der Waals surface area contributed by atoms with Crippen molar-refractivity contribution in [2.45, 2.75) is 116 Å². The van der Waals surface area contributed by atoms with Gasteiger partial charge in [0.15, 0.2) is 11.6 Å². The molecule has 3 amide bonds. The van der Waals surface area contributed by atoms with E-state index in [9.17, 15) is 14.4 Å². The molecule has 2 aliphatic heterocycles. The van der Waals surface area contributed by atoms with E-state index in [1.54, 1.807) is 39.2 Å². The maximum absolute atomic E-state index is 13.2. The summed E-state index contributed by atoms with van der Waals surface area (Å²) < 4.78 is 16.4. The van der Waals surface area contributed by atoms with Gasteiger partial charge in [0, 0.05) is 38.6 Å². The highest BCUT2D eigenvalue weighted by molar-refractivity contribution is 7.59. The molecule has 0 radical (unpaired) electrons. The third-order valence-corrected chi connectivity index (χ3v) is 10.6. The summed E-state index contributed by atoms with van der Waals surface area (Å²) in [5.41, 5.74) is 12.8. The monoisotopic (exact) mass is 943 g/mol. The molecule has 2 fully saturated rings. The fourth-order valence-corrected chi connectivity index (χ4v) is 7.14. The average Bonchev–Trinajstić information content (AvgIpc) is 3.26. The summed E-state index contributed by atoms with van der Waals surface area (Å²) in [5.74, 6) is 1.06. The topological polar surface area (TPSA) is 272 Å². The quantitative estimate of drug-likeness (QED) is 0.0836. The molecule has 4 aromatic heterocycles. The van der Waals surface area contributed by atoms with E-state index in [0.717, 1.165) is 38.5 Å². The molecular formula is C43H70N14O6S2. The van der Waals surface area contributed by atoms with Crippen LogP contribution in [-0.2, 0) is 23.8 Å². The molecule has 2 unspecified atom stereocenters. The van der Waals surface area contributed by atoms with Gasteiger partial charge < -0.3 is 52.3 Å². The number of nitrogen functional groups attached to an aromatic ring is 2. The van der Waals surface area contributed by atoms with Gasteiger partial charge >= 0.3 is 6.09 Å². The Morgan fingerprint density at radius 3 is 1.75 bits per heavy atom. The number of hydrogen-bond acceptors (Lipinski definition) is 17. The molecule has 6 heterocycles. The summed E-state index contributed by atoms with van der Waals surface area (Å²) >= 11 is 0. The molecule has 2 saturated heterocycles. The summed E-state index contributed by atoms with van der Waals surface area (Å²) in [5, 5.41) is 16.2. The maximum atomic E-state index is 13.2. The van der Waals surface area contributed by atoms with Gasteiger partial charge in [0.05, 0.1) is 48.5 Å². The maximum Gasteiger partial charge on any atom is 0.411 e. The first-order valence-corrected chi connectivity index (χ1v) is 21.8. The molecule has 0 saturated carbocycles. The normalized spacial score (nSPS) is 18.0. The second-order valence-corrected chi connectivity index (χ2v) is 17.5. The van der Waals surface area contributed by atoms with Crippen molar-refractivity contribution in [3.8, 4) is 0 Å². The number of rotatable bonds is 16. The highest BCUT2D eigenvalue weighted by atomic mass is 32.1. The summed E-state index contributed by atoms with van der Waals surface area (Å²) in [6.45, 7) is 16.9. The second kappa shape index (κ2) is 25.0. The lowest BCUT2D eigenvalue weighted by atomic mass is 9.94. The lowest BCUT2D eigenvalue weighted by Crippen LogP contribution is -2.58. The van der Waals surface area contributed by atoms with Crippen LogP contribution in [0, 0.1) is 0 Å². The highest BCUT2D eigenvalue weighted by Crippen LogP contribution is 2.27. The van der Waals surface area contributed by atoms with E-state index < -0.39 is 28.8 Å². The number of pyridine rings is 2. The Hall–Kier alpha value is -5.03. The van der Waals surface area contributed by atoms with Gasteiger partial charge in [-0.3, -0.25) is 24.5 Å². The number of carbonyl (C=O) groups excluding carboxylic acids is 3. The number of nitrogens with one attached hydrogen (secondary N) is 5. The molecule has 6 rings (SSSR count). The van der Waals surface area contributed by atoms with E-state index in [1.807, 2.05) is 25.1 Å². The molecule has 9 N–H and O–H groups in total. The first-order valence-electron chi connectivity index (χ1n) is 21.8. The van der Waals surface area contributed by atoms with Gasteiger partial charge in [0.2, 0.25) is 23.7 Å². The fraction of sp³-hybridized carbons (Fsp3) is 0.605. The van der Waals surface area contributed by atoms with E-state index in [-0.39, 0.29) is 69.9 Å². The smallest absolute Gasteiger partial charge is 0.411 e. The Kier molecular flexibility index (Phi) is 20.9. The molecule has 360 valence electrons. The van der Waals surface area contributed by atoms with Crippen molar-refractivity contribution in [3.63, 3.8) is 0 Å². The van der Waals surface area contributed by atoms with Crippen molar-refractivity contribution in [3.05, 3.63) is 36.7 Å². The lowest BCUT2D eigenvalue weighted by Gasteiger charge is -2.37. The standard InChI is InChI=1S/C24H37N7O4.C19H29N7O2.2H2S/c1-6-7-10-24(5,30-19-18-16(9-8-11-26-18)28-21(25)29-19)15-27-20(32)17-14-34-13-12-31(17)22(33)35-23(2,3)4;1-3-4-7-19(2,12-23-17(27)14-11-28-10-9-21-14)26-16-15-13(6-5-8-22-15)24-18(20)25-16;;/h8-9,11,17H,6-7,10,12-15H2,1-5H3,(H,27,32)(H3,25,28,29,30);5-6,8,14,21H,3-4,7,9-12H2,1-2H3,(H,23,27)(H3,20,24,25,26);2*1H2/t17-,24?;14-,19?;;/m00../s1. The molecule has 0 bridgehead atoms. The number of nitrogens with two attached hydrogens (primary N) is 2. The van der Waals surface area contributed by atoms with Gasteiger partial charge in [-0.1, -0.05) is 39.5 Å². The average molecular weight is 943 g/mol. The Morgan fingerprint density at radius 1 is 0.769 bits per heavy atom. The Morgan fingerprint density at radius 2 is 1.28 bits per heavy atom. The van der Waals surface area contributed by atoms with Crippen LogP contribution in [0.5, 0.6) is 0 Å².